The molecule has 0 radical (unpaired) electrons. The molecular weight excluding hydrogens is 949 g/mol. The minimum atomic E-state index is -1.21. The molecule has 0 saturated heterocycles. The lowest BCUT2D eigenvalue weighted by molar-refractivity contribution is 0.0494. The lowest BCUT2D eigenvalue weighted by Gasteiger charge is -2.21. The summed E-state index contributed by atoms with van der Waals surface area (Å²) in [5, 5.41) is 41.2. The van der Waals surface area contributed by atoms with E-state index < -0.39 is 11.9 Å². The van der Waals surface area contributed by atoms with Crippen molar-refractivity contribution in [1.29, 1.82) is 0 Å². The number of esters is 1. The van der Waals surface area contributed by atoms with Crippen LogP contribution in [0.5, 0.6) is 11.5 Å². The third-order valence-electron chi connectivity index (χ3n) is 13.0. The number of para-hydroxylation sites is 2. The zero-order valence-corrected chi connectivity index (χ0v) is 41.2. The fourth-order valence-corrected chi connectivity index (χ4v) is 9.31. The fraction of sp³-hybridized carbons (Fsp3) is 0.360. The Labute approximate surface area is 425 Å². The van der Waals surface area contributed by atoms with Gasteiger partial charge in [0, 0.05) is 44.8 Å². The van der Waals surface area contributed by atoms with Crippen LogP contribution in [0.25, 0.3) is 22.8 Å². The molecule has 8 aromatic rings. The molecule has 2 saturated carbocycles. The van der Waals surface area contributed by atoms with Crippen molar-refractivity contribution in [1.82, 2.24) is 69.0 Å². The monoisotopic (exact) mass is 1000 g/mol. The number of nitrogens with one attached hydrogen (secondary N) is 4. The second kappa shape index (κ2) is 22.2. The van der Waals surface area contributed by atoms with E-state index in [1.165, 1.54) is 58.0 Å². The molecule has 0 atom stereocenters. The van der Waals surface area contributed by atoms with Gasteiger partial charge in [0.05, 0.1) is 79.2 Å². The molecule has 0 aliphatic heterocycles. The quantitative estimate of drug-likeness (QED) is 0.0353. The number of anilines is 8. The van der Waals surface area contributed by atoms with Gasteiger partial charge in [-0.1, -0.05) is 50.7 Å². The van der Waals surface area contributed by atoms with Gasteiger partial charge < -0.3 is 40.6 Å². The van der Waals surface area contributed by atoms with Crippen LogP contribution in [0, 0.1) is 0 Å². The number of aromatic carboxylic acids is 1. The fourth-order valence-electron chi connectivity index (χ4n) is 9.31. The molecule has 0 unspecified atom stereocenters. The highest BCUT2D eigenvalue weighted by Crippen LogP contribution is 2.39. The van der Waals surface area contributed by atoms with E-state index in [1.807, 2.05) is 33.9 Å². The average molecular weight is 1010 g/mol. The van der Waals surface area contributed by atoms with Gasteiger partial charge in [0.2, 0.25) is 11.9 Å². The van der Waals surface area contributed by atoms with Crippen LogP contribution in [0.4, 0.5) is 46.3 Å². The van der Waals surface area contributed by atoms with E-state index in [-0.39, 0.29) is 41.3 Å². The lowest BCUT2D eigenvalue weighted by Crippen LogP contribution is -2.14. The molecule has 2 aliphatic rings. The first-order valence-electron chi connectivity index (χ1n) is 24.6. The number of carbonyl (C=O) groups is 2. The van der Waals surface area contributed by atoms with Crippen molar-refractivity contribution in [2.45, 2.75) is 89.3 Å². The molecule has 0 spiro atoms. The van der Waals surface area contributed by atoms with Crippen LogP contribution >= 0.6 is 0 Å². The van der Waals surface area contributed by atoms with Crippen LogP contribution in [-0.4, -0.2) is 107 Å². The maximum Gasteiger partial charge on any atom is 0.343 e. The summed E-state index contributed by atoms with van der Waals surface area (Å²) in [4.78, 5) is 53.2. The highest BCUT2D eigenvalue weighted by atomic mass is 16.5. The summed E-state index contributed by atoms with van der Waals surface area (Å²) in [5.74, 6) is 0.406. The largest absolute Gasteiger partial charge is 0.494 e. The van der Waals surface area contributed by atoms with E-state index in [0.717, 1.165) is 25.7 Å². The molecule has 2 fully saturated rings. The summed E-state index contributed by atoms with van der Waals surface area (Å²) in [5.41, 5.74) is 3.46. The van der Waals surface area contributed by atoms with Gasteiger partial charge in [0.25, 0.3) is 0 Å². The van der Waals surface area contributed by atoms with Gasteiger partial charge in [0.15, 0.2) is 34.8 Å². The topological polar surface area (TPSA) is 279 Å². The standard InChI is InChI=1S/C50H56N18O6/c1-65-29-53-43(63-65)35-17-10-20-40(41(35)72-2)60-46-38(26-52-50(62-46)58-32-24-56-68(28-32)34-15-8-5-9-16-34)48(71)74-22-12-21-66-30-54-44(64-66)36-18-11-19-39(42(36)73-3)59-45-37(47(69)70)25-51-49(61-45)57-31-23-55-67(27-31)33-13-6-4-7-14-33/h10-11,17-20,23-30,33-34H,4-9,12-16,21-22H2,1-3H3,(H,69,70)(H2,51,57,59,61)(H2,52,58,60,62). The number of rotatable bonds is 20. The number of hydrogen-bond acceptors (Lipinski definition) is 19. The number of carboxylic acid groups (broad SMARTS) is 1. The predicted molar refractivity (Wildman–Crippen MR) is 273 cm³/mol. The molecule has 0 amide bonds. The molecule has 2 aromatic carbocycles. The summed E-state index contributed by atoms with van der Waals surface area (Å²) < 4.78 is 24.7. The minimum absolute atomic E-state index is 0.0330. The van der Waals surface area contributed by atoms with Crippen LogP contribution in [0.3, 0.4) is 0 Å². The van der Waals surface area contributed by atoms with E-state index in [1.54, 1.807) is 72.8 Å². The molecule has 6 heterocycles. The van der Waals surface area contributed by atoms with Gasteiger partial charge in [0.1, 0.15) is 23.8 Å². The van der Waals surface area contributed by atoms with Gasteiger partial charge in [-0.25, -0.2) is 29.5 Å². The van der Waals surface area contributed by atoms with Crippen molar-refractivity contribution in [2.24, 2.45) is 7.05 Å². The van der Waals surface area contributed by atoms with E-state index in [2.05, 4.69) is 66.6 Å². The Hall–Kier alpha value is -8.96. The lowest BCUT2D eigenvalue weighted by atomic mass is 9.96. The molecule has 74 heavy (non-hydrogen) atoms. The summed E-state index contributed by atoms with van der Waals surface area (Å²) in [7, 11) is 4.83. The molecule has 0 bridgehead atoms. The van der Waals surface area contributed by atoms with E-state index in [4.69, 9.17) is 19.2 Å². The maximum absolute atomic E-state index is 13.9. The van der Waals surface area contributed by atoms with Crippen LogP contribution in [0.15, 0.2) is 86.2 Å². The number of nitrogens with zero attached hydrogens (tertiary/aromatic N) is 14. The molecule has 2 aliphatic carbocycles. The number of aryl methyl sites for hydroxylation is 2. The van der Waals surface area contributed by atoms with Crippen LogP contribution in [0.1, 0.15) is 103 Å². The summed E-state index contributed by atoms with van der Waals surface area (Å²) in [6.45, 7) is 0.384. The maximum atomic E-state index is 13.9. The number of aromatic nitrogens is 14. The first-order chi connectivity index (χ1) is 36.2. The molecule has 6 aromatic heterocycles. The van der Waals surface area contributed by atoms with E-state index >= 15 is 0 Å². The summed E-state index contributed by atoms with van der Waals surface area (Å²) in [6.07, 6.45) is 25.0. The van der Waals surface area contributed by atoms with E-state index in [0.29, 0.717) is 82.1 Å². The Morgan fingerprint density at radius 3 is 1.70 bits per heavy atom. The highest BCUT2D eigenvalue weighted by Gasteiger charge is 2.24. The van der Waals surface area contributed by atoms with Gasteiger partial charge in [-0.2, -0.15) is 30.4 Å². The molecule has 382 valence electrons. The second-order valence-electron chi connectivity index (χ2n) is 18.1. The Kier molecular flexibility index (Phi) is 14.6. The van der Waals surface area contributed by atoms with E-state index in [9.17, 15) is 14.7 Å². The van der Waals surface area contributed by atoms with Crippen molar-refractivity contribution >= 4 is 58.2 Å². The van der Waals surface area contributed by atoms with Gasteiger partial charge >= 0.3 is 11.9 Å². The Balaban J connectivity index is 0.814. The molecule has 5 N–H and O–H groups in total. The van der Waals surface area contributed by atoms with Crippen LogP contribution in [0.2, 0.25) is 0 Å². The molecule has 24 heteroatoms. The highest BCUT2D eigenvalue weighted by molar-refractivity contribution is 5.96. The Morgan fingerprint density at radius 2 is 1.18 bits per heavy atom. The third-order valence-corrected chi connectivity index (χ3v) is 13.0. The number of methoxy groups -OCH3 is 2. The third kappa shape index (κ3) is 11.1. The van der Waals surface area contributed by atoms with Crippen molar-refractivity contribution in [2.75, 3.05) is 42.1 Å². The molecule has 24 nitrogen and oxygen atoms in total. The number of hydrogen-bond donors (Lipinski definition) is 5. The van der Waals surface area contributed by atoms with Crippen molar-refractivity contribution in [3.05, 3.63) is 97.4 Å². The average Bonchev–Trinajstić information content (AvgIpc) is 4.28. The minimum Gasteiger partial charge on any atom is -0.494 e. The number of ether oxygens (including phenoxy) is 3. The van der Waals surface area contributed by atoms with Crippen molar-refractivity contribution in [3.8, 4) is 34.3 Å². The first-order valence-corrected chi connectivity index (χ1v) is 24.6. The Morgan fingerprint density at radius 1 is 0.649 bits per heavy atom. The number of carboxylic acids is 1. The molecular formula is C50H56N18O6. The predicted octanol–water partition coefficient (Wildman–Crippen LogP) is 8.66. The van der Waals surface area contributed by atoms with Crippen LogP contribution < -0.4 is 30.7 Å². The summed E-state index contributed by atoms with van der Waals surface area (Å²) in [6, 6.07) is 11.5. The normalized spacial score (nSPS) is 14.1. The van der Waals surface area contributed by atoms with Crippen molar-refractivity contribution < 1.29 is 28.9 Å². The number of carbonyl (C=O) groups excluding carboxylic acids is 1. The zero-order chi connectivity index (χ0) is 51.0. The first kappa shape index (κ1) is 48.7. The zero-order valence-electron chi connectivity index (χ0n) is 41.2. The second-order valence-corrected chi connectivity index (χ2v) is 18.1. The number of benzene rings is 2. The van der Waals surface area contributed by atoms with Crippen LogP contribution in [-0.2, 0) is 18.3 Å². The smallest absolute Gasteiger partial charge is 0.343 e. The van der Waals surface area contributed by atoms with Gasteiger partial charge in [-0.3, -0.25) is 18.7 Å². The van der Waals surface area contributed by atoms with Crippen molar-refractivity contribution in [3.63, 3.8) is 0 Å². The SMILES string of the molecule is COc1c(Nc2nc(Nc3cnn(C4CCCCC4)c3)ncc2C(=O)O)cccc1-c1ncn(CCCOC(=O)c2cnc(Nc3cnn(C4CCCCC4)c3)nc2Nc2cccc(-c3ncn(C)n3)c2OC)n1. The van der Waals surface area contributed by atoms with Gasteiger partial charge in [-0.05, 0) is 49.9 Å². The summed E-state index contributed by atoms with van der Waals surface area (Å²) >= 11 is 0. The van der Waals surface area contributed by atoms with Gasteiger partial charge in [-0.15, -0.1) is 0 Å². The molecule has 10 rings (SSSR count). The Bertz CT molecular complexity index is 3240.